The highest BCUT2D eigenvalue weighted by Crippen LogP contribution is 2.25. The molecule has 0 atom stereocenters. The van der Waals surface area contributed by atoms with Crippen molar-refractivity contribution in [3.8, 4) is 0 Å². The van der Waals surface area contributed by atoms with Gasteiger partial charge in [0.05, 0.1) is 10.4 Å². The van der Waals surface area contributed by atoms with Crippen LogP contribution < -0.4 is 10.5 Å². The molecule has 9 nitrogen and oxygen atoms in total. The molecule has 2 aromatic carbocycles. The van der Waals surface area contributed by atoms with Gasteiger partial charge in [-0.3, -0.25) is 14.6 Å². The summed E-state index contributed by atoms with van der Waals surface area (Å²) in [5.41, 5.74) is 5.83. The highest BCUT2D eigenvalue weighted by atomic mass is 32.2. The van der Waals surface area contributed by atoms with E-state index in [-0.39, 0.29) is 21.2 Å². The summed E-state index contributed by atoms with van der Waals surface area (Å²) in [5, 5.41) is 6.74. The molecule has 0 bridgehead atoms. The smallest absolute Gasteiger partial charge is 0.269 e. The second-order valence-corrected chi connectivity index (χ2v) is 9.16. The number of nitrogens with one attached hydrogen (secondary N) is 2. The Morgan fingerprint density at radius 1 is 1.08 bits per heavy atom. The van der Waals surface area contributed by atoms with E-state index in [0.717, 1.165) is 6.26 Å². The van der Waals surface area contributed by atoms with Crippen LogP contribution in [0.25, 0.3) is 10.9 Å². The average Bonchev–Trinajstić information content (AvgIpc) is 2.97. The highest BCUT2D eigenvalue weighted by molar-refractivity contribution is 7.95. The number of aromatic nitrogens is 2. The van der Waals surface area contributed by atoms with Crippen LogP contribution in [-0.2, 0) is 19.9 Å². The number of carbonyl (C=O) groups excluding carboxylic acids is 1. The fraction of sp³-hybridized carbons (Fsp3) is 0.0667. The van der Waals surface area contributed by atoms with Gasteiger partial charge in [0.2, 0.25) is 0 Å². The fourth-order valence-electron chi connectivity index (χ4n) is 2.45. The summed E-state index contributed by atoms with van der Waals surface area (Å²) >= 11 is 0. The van der Waals surface area contributed by atoms with E-state index in [1.54, 1.807) is 0 Å². The summed E-state index contributed by atoms with van der Waals surface area (Å²) in [6.07, 6.45) is 0.929. The van der Waals surface area contributed by atoms with Gasteiger partial charge in [-0.05, 0) is 30.3 Å². The number of carbonyl (C=O) groups is 1. The molecule has 3 aromatic rings. The van der Waals surface area contributed by atoms with Crippen LogP contribution in [0.15, 0.2) is 52.3 Å². The van der Waals surface area contributed by atoms with E-state index in [1.165, 1.54) is 42.5 Å². The van der Waals surface area contributed by atoms with Crippen LogP contribution in [0.2, 0.25) is 0 Å². The summed E-state index contributed by atoms with van der Waals surface area (Å²) in [5.74, 6) is -0.765. The van der Waals surface area contributed by atoms with E-state index < -0.39 is 25.8 Å². The number of amides is 1. The van der Waals surface area contributed by atoms with Crippen molar-refractivity contribution in [1.82, 2.24) is 10.2 Å². The molecule has 0 aliphatic rings. The van der Waals surface area contributed by atoms with Crippen LogP contribution in [0.5, 0.6) is 0 Å². The zero-order valence-electron chi connectivity index (χ0n) is 13.4. The van der Waals surface area contributed by atoms with Gasteiger partial charge in [0.1, 0.15) is 4.90 Å². The summed E-state index contributed by atoms with van der Waals surface area (Å²) in [7, 11) is -7.94. The normalized spacial score (nSPS) is 12.2. The molecule has 26 heavy (non-hydrogen) atoms. The molecule has 11 heteroatoms. The Balaban J connectivity index is 2.08. The Kier molecular flexibility index (Phi) is 4.20. The molecule has 1 amide bonds. The third-order valence-corrected chi connectivity index (χ3v) is 6.31. The van der Waals surface area contributed by atoms with Crippen molar-refractivity contribution in [3.63, 3.8) is 0 Å². The average molecular weight is 394 g/mol. The van der Waals surface area contributed by atoms with E-state index in [0.29, 0.717) is 10.9 Å². The maximum absolute atomic E-state index is 12.7. The lowest BCUT2D eigenvalue weighted by Crippen LogP contribution is -2.16. The molecule has 0 fully saturated rings. The largest absolute Gasteiger partial charge is 0.364 e. The lowest BCUT2D eigenvalue weighted by Gasteiger charge is -2.11. The first-order valence-corrected chi connectivity index (χ1v) is 10.6. The molecule has 4 N–H and O–H groups in total. The number of rotatable bonds is 5. The van der Waals surface area contributed by atoms with Crippen molar-refractivity contribution in [2.75, 3.05) is 11.0 Å². The minimum absolute atomic E-state index is 0.0300. The van der Waals surface area contributed by atoms with Crippen molar-refractivity contribution in [3.05, 3.63) is 48.2 Å². The number of aromatic amines is 1. The van der Waals surface area contributed by atoms with Gasteiger partial charge in [0.25, 0.3) is 15.9 Å². The monoisotopic (exact) mass is 394 g/mol. The number of primary amides is 1. The van der Waals surface area contributed by atoms with Gasteiger partial charge in [-0.15, -0.1) is 0 Å². The number of sulfone groups is 1. The van der Waals surface area contributed by atoms with Crippen molar-refractivity contribution in [1.29, 1.82) is 0 Å². The maximum atomic E-state index is 12.7. The molecule has 1 aromatic heterocycles. The lowest BCUT2D eigenvalue weighted by molar-refractivity contribution is 0.0997. The zero-order valence-corrected chi connectivity index (χ0v) is 15.1. The van der Waals surface area contributed by atoms with Crippen LogP contribution in [0.4, 0.5) is 5.69 Å². The predicted molar refractivity (Wildman–Crippen MR) is 95.0 cm³/mol. The number of H-pyrrole nitrogens is 1. The Morgan fingerprint density at radius 2 is 1.73 bits per heavy atom. The Morgan fingerprint density at radius 3 is 2.35 bits per heavy atom. The van der Waals surface area contributed by atoms with Gasteiger partial charge >= 0.3 is 0 Å². The van der Waals surface area contributed by atoms with Crippen molar-refractivity contribution in [2.24, 2.45) is 5.73 Å². The molecule has 0 spiro atoms. The third-order valence-electron chi connectivity index (χ3n) is 3.59. The molecule has 3 rings (SSSR count). The fourth-order valence-corrected chi connectivity index (χ4v) is 5.13. The molecule has 0 saturated heterocycles. The zero-order chi connectivity index (χ0) is 19.1. The number of hydrogen-bond acceptors (Lipinski definition) is 6. The first-order chi connectivity index (χ1) is 12.1. The molecular formula is C15H14N4O5S2. The molecule has 0 unspecified atom stereocenters. The second kappa shape index (κ2) is 6.11. The number of anilines is 1. The second-order valence-electron chi connectivity index (χ2n) is 5.52. The van der Waals surface area contributed by atoms with Gasteiger partial charge in [-0.1, -0.05) is 12.1 Å². The number of hydrogen-bond donors (Lipinski definition) is 3. The van der Waals surface area contributed by atoms with Crippen molar-refractivity contribution >= 4 is 42.4 Å². The topological polar surface area (TPSA) is 152 Å². The number of nitrogens with zero attached hydrogens (tertiary/aromatic N) is 1. The third kappa shape index (κ3) is 3.26. The Bertz CT molecular complexity index is 1230. The minimum atomic E-state index is -4.19. The number of nitrogens with two attached hydrogens (primary N) is 1. The van der Waals surface area contributed by atoms with E-state index in [9.17, 15) is 21.6 Å². The van der Waals surface area contributed by atoms with Crippen LogP contribution in [-0.4, -0.2) is 39.2 Å². The van der Waals surface area contributed by atoms with Crippen LogP contribution in [0, 0.1) is 0 Å². The van der Waals surface area contributed by atoms with Gasteiger partial charge < -0.3 is 5.73 Å². The number of benzene rings is 2. The van der Waals surface area contributed by atoms with Crippen LogP contribution in [0.3, 0.4) is 0 Å². The van der Waals surface area contributed by atoms with Gasteiger partial charge in [0, 0.05) is 17.3 Å². The van der Waals surface area contributed by atoms with Crippen molar-refractivity contribution in [2.45, 2.75) is 9.79 Å². The number of fused-ring (bicyclic) bond motifs is 1. The predicted octanol–water partition coefficient (Wildman–Crippen LogP) is 0.866. The Labute approximate surface area is 149 Å². The minimum Gasteiger partial charge on any atom is -0.364 e. The highest BCUT2D eigenvalue weighted by Gasteiger charge is 2.24. The van der Waals surface area contributed by atoms with E-state index >= 15 is 0 Å². The van der Waals surface area contributed by atoms with Crippen LogP contribution >= 0.6 is 0 Å². The molecule has 1 heterocycles. The van der Waals surface area contributed by atoms with Gasteiger partial charge in [-0.2, -0.15) is 5.10 Å². The summed E-state index contributed by atoms with van der Waals surface area (Å²) < 4.78 is 51.4. The molecule has 0 aliphatic heterocycles. The van der Waals surface area contributed by atoms with E-state index in [2.05, 4.69) is 14.9 Å². The summed E-state index contributed by atoms with van der Waals surface area (Å²) in [6.45, 7) is 0. The van der Waals surface area contributed by atoms with E-state index in [1.807, 2.05) is 0 Å². The van der Waals surface area contributed by atoms with Gasteiger partial charge in [-0.25, -0.2) is 16.8 Å². The SMILES string of the molecule is CS(=O)(=O)c1ccccc1S(=O)(=O)Nc1ccc2[nH]nc(C(N)=O)c2c1. The van der Waals surface area contributed by atoms with Gasteiger partial charge in [0.15, 0.2) is 15.5 Å². The lowest BCUT2D eigenvalue weighted by atomic mass is 10.2. The molecular weight excluding hydrogens is 380 g/mol. The standard InChI is InChI=1S/C15H14N4O5S2/c1-25(21,22)12-4-2-3-5-13(12)26(23,24)19-9-6-7-11-10(8-9)14(15(16)20)18-17-11/h2-8,19H,1H3,(H2,16,20)(H,17,18). The Hall–Kier alpha value is -2.92. The summed E-state index contributed by atoms with van der Waals surface area (Å²) in [4.78, 5) is 10.7. The first-order valence-electron chi connectivity index (χ1n) is 7.19. The van der Waals surface area contributed by atoms with E-state index in [4.69, 9.17) is 5.73 Å². The first kappa shape index (κ1) is 17.9. The molecule has 0 radical (unpaired) electrons. The number of sulfonamides is 1. The van der Waals surface area contributed by atoms with Crippen molar-refractivity contribution < 1.29 is 21.6 Å². The summed E-state index contributed by atoms with van der Waals surface area (Å²) in [6, 6.07) is 9.64. The molecule has 0 aliphatic carbocycles. The quantitative estimate of drug-likeness (QED) is 0.584. The molecule has 0 saturated carbocycles. The maximum Gasteiger partial charge on any atom is 0.269 e. The molecule has 136 valence electrons. The van der Waals surface area contributed by atoms with Crippen LogP contribution in [0.1, 0.15) is 10.5 Å².